The number of nitrogens with zero attached hydrogens (tertiary/aromatic N) is 3. The topological polar surface area (TPSA) is 59.4 Å². The Morgan fingerprint density at radius 3 is 3.04 bits per heavy atom. The minimum Gasteiger partial charge on any atom is -0.480 e. The van der Waals surface area contributed by atoms with Crippen LogP contribution in [0.5, 0.6) is 5.88 Å². The monoisotopic (exact) mass is 332 g/mol. The number of ether oxygens (including phenoxy) is 1. The molecule has 0 radical (unpaired) electrons. The number of methoxy groups -OCH3 is 1. The highest BCUT2D eigenvalue weighted by Gasteiger charge is 2.25. The molecule has 7 heteroatoms. The van der Waals surface area contributed by atoms with Gasteiger partial charge < -0.3 is 15.0 Å². The van der Waals surface area contributed by atoms with Crippen LogP contribution >= 0.6 is 0 Å². The highest BCUT2D eigenvalue weighted by Crippen LogP contribution is 2.26. The number of hydrogen-bond donors (Lipinski definition) is 1. The minimum atomic E-state index is -0.303. The molecule has 2 heterocycles. The van der Waals surface area contributed by atoms with E-state index in [-0.39, 0.29) is 11.8 Å². The summed E-state index contributed by atoms with van der Waals surface area (Å²) in [5, 5.41) is 7.20. The van der Waals surface area contributed by atoms with Crippen molar-refractivity contribution in [3.05, 3.63) is 46.9 Å². The van der Waals surface area contributed by atoms with Gasteiger partial charge in [-0.15, -0.1) is 5.10 Å². The Kier molecular flexibility index (Phi) is 4.69. The van der Waals surface area contributed by atoms with Crippen LogP contribution in [0.2, 0.25) is 0 Å². The van der Waals surface area contributed by atoms with Crippen molar-refractivity contribution in [2.45, 2.75) is 25.9 Å². The fourth-order valence-corrected chi connectivity index (χ4v) is 3.00. The van der Waals surface area contributed by atoms with Crippen molar-refractivity contribution in [3.63, 3.8) is 0 Å². The molecule has 0 spiro atoms. The van der Waals surface area contributed by atoms with Gasteiger partial charge in [-0.05, 0) is 30.5 Å². The summed E-state index contributed by atoms with van der Waals surface area (Å²) in [6, 6.07) is 6.07. The second-order valence-corrected chi connectivity index (χ2v) is 5.87. The number of halogens is 1. The van der Waals surface area contributed by atoms with Gasteiger partial charge in [-0.3, -0.25) is 4.68 Å². The lowest BCUT2D eigenvalue weighted by atomic mass is 10.1. The molecular weight excluding hydrogens is 311 g/mol. The Bertz CT molecular complexity index is 744. The predicted octanol–water partition coefficient (Wildman–Crippen LogP) is 2.23. The molecule has 3 rings (SSSR count). The van der Waals surface area contributed by atoms with Crippen LogP contribution in [0.3, 0.4) is 0 Å². The average Bonchev–Trinajstić information content (AvgIpc) is 2.75. The van der Waals surface area contributed by atoms with E-state index in [9.17, 15) is 9.18 Å². The van der Waals surface area contributed by atoms with Crippen LogP contribution in [0.1, 0.15) is 23.2 Å². The first-order valence-corrected chi connectivity index (χ1v) is 7.94. The van der Waals surface area contributed by atoms with E-state index in [1.165, 1.54) is 12.1 Å². The summed E-state index contributed by atoms with van der Waals surface area (Å²) in [7, 11) is 3.46. The van der Waals surface area contributed by atoms with Gasteiger partial charge >= 0.3 is 6.03 Å². The zero-order valence-corrected chi connectivity index (χ0v) is 13.9. The molecule has 1 aliphatic heterocycles. The van der Waals surface area contributed by atoms with E-state index >= 15 is 0 Å². The lowest BCUT2D eigenvalue weighted by Crippen LogP contribution is -2.39. The second kappa shape index (κ2) is 6.90. The molecule has 1 aromatic heterocycles. The number of fused-ring (bicyclic) bond motifs is 1. The highest BCUT2D eigenvalue weighted by molar-refractivity contribution is 5.74. The number of nitrogens with one attached hydrogen (secondary N) is 1. The molecule has 1 N–H and O–H groups in total. The summed E-state index contributed by atoms with van der Waals surface area (Å²) >= 11 is 0. The van der Waals surface area contributed by atoms with Gasteiger partial charge in [-0.25, -0.2) is 9.18 Å². The maximum absolute atomic E-state index is 13.2. The summed E-state index contributed by atoms with van der Waals surface area (Å²) in [6.45, 7) is 1.44. The number of aryl methyl sites for hydroxylation is 1. The van der Waals surface area contributed by atoms with Gasteiger partial charge in [0.05, 0.1) is 19.3 Å². The van der Waals surface area contributed by atoms with Crippen molar-refractivity contribution in [1.82, 2.24) is 20.0 Å². The third-order valence-electron chi connectivity index (χ3n) is 4.25. The van der Waals surface area contributed by atoms with E-state index in [1.807, 2.05) is 7.05 Å². The van der Waals surface area contributed by atoms with E-state index < -0.39 is 0 Å². The van der Waals surface area contributed by atoms with Gasteiger partial charge in [0, 0.05) is 25.7 Å². The molecule has 2 amide bonds. The SMILES string of the molecule is COc1nn(C)c2c1CCCN(C(=O)NCc1cccc(F)c1)C2. The second-order valence-electron chi connectivity index (χ2n) is 5.87. The van der Waals surface area contributed by atoms with Crippen LogP contribution in [0.25, 0.3) is 0 Å². The molecule has 0 aliphatic carbocycles. The Morgan fingerprint density at radius 1 is 1.46 bits per heavy atom. The van der Waals surface area contributed by atoms with Crippen LogP contribution in [0.4, 0.5) is 9.18 Å². The lowest BCUT2D eigenvalue weighted by Gasteiger charge is -2.21. The van der Waals surface area contributed by atoms with E-state index in [4.69, 9.17) is 4.74 Å². The molecular formula is C17H21FN4O2. The third kappa shape index (κ3) is 3.34. The standard InChI is InChI=1S/C17H21FN4O2/c1-21-15-11-22(8-4-7-14(15)16(20-21)24-2)17(23)19-10-12-5-3-6-13(18)9-12/h3,5-6,9H,4,7-8,10-11H2,1-2H3,(H,19,23). The maximum atomic E-state index is 13.2. The Morgan fingerprint density at radius 2 is 2.29 bits per heavy atom. The number of rotatable bonds is 3. The summed E-state index contributed by atoms with van der Waals surface area (Å²) in [5.41, 5.74) is 2.80. The number of carbonyl (C=O) groups is 1. The molecule has 0 saturated carbocycles. The molecule has 2 aromatic rings. The fourth-order valence-electron chi connectivity index (χ4n) is 3.00. The van der Waals surface area contributed by atoms with Crippen LogP contribution in [0.15, 0.2) is 24.3 Å². The molecule has 1 aromatic carbocycles. The van der Waals surface area contributed by atoms with Gasteiger partial charge in [-0.2, -0.15) is 0 Å². The molecule has 6 nitrogen and oxygen atoms in total. The normalized spacial score (nSPS) is 14.0. The molecule has 0 saturated heterocycles. The van der Waals surface area contributed by atoms with Gasteiger partial charge in [0.25, 0.3) is 0 Å². The Balaban J connectivity index is 1.68. The maximum Gasteiger partial charge on any atom is 0.318 e. The van der Waals surface area contributed by atoms with Crippen molar-refractivity contribution >= 4 is 6.03 Å². The van der Waals surface area contributed by atoms with E-state index in [1.54, 1.807) is 28.8 Å². The zero-order chi connectivity index (χ0) is 17.1. The summed E-state index contributed by atoms with van der Waals surface area (Å²) in [4.78, 5) is 14.2. The number of hydrogen-bond acceptors (Lipinski definition) is 3. The molecule has 1 aliphatic rings. The predicted molar refractivity (Wildman–Crippen MR) is 87.1 cm³/mol. The first-order valence-electron chi connectivity index (χ1n) is 7.94. The van der Waals surface area contributed by atoms with E-state index in [0.29, 0.717) is 25.5 Å². The first-order chi connectivity index (χ1) is 11.6. The van der Waals surface area contributed by atoms with Crippen LogP contribution in [-0.4, -0.2) is 34.4 Å². The van der Waals surface area contributed by atoms with Crippen LogP contribution < -0.4 is 10.1 Å². The molecule has 0 bridgehead atoms. The number of aromatic nitrogens is 2. The fraction of sp³-hybridized carbons (Fsp3) is 0.412. The lowest BCUT2D eigenvalue weighted by molar-refractivity contribution is 0.194. The van der Waals surface area contributed by atoms with Crippen molar-refractivity contribution in [3.8, 4) is 5.88 Å². The van der Waals surface area contributed by atoms with Crippen molar-refractivity contribution in [2.75, 3.05) is 13.7 Å². The van der Waals surface area contributed by atoms with E-state index in [0.717, 1.165) is 29.7 Å². The average molecular weight is 332 g/mol. The van der Waals surface area contributed by atoms with Gasteiger partial charge in [-0.1, -0.05) is 12.1 Å². The molecule has 0 atom stereocenters. The van der Waals surface area contributed by atoms with Gasteiger partial charge in [0.2, 0.25) is 5.88 Å². The first kappa shape index (κ1) is 16.3. The summed E-state index contributed by atoms with van der Waals surface area (Å²) < 4.78 is 20.3. The van der Waals surface area contributed by atoms with Gasteiger partial charge in [0.15, 0.2) is 0 Å². The number of urea groups is 1. The number of amides is 2. The summed E-state index contributed by atoms with van der Waals surface area (Å²) in [5.74, 6) is 0.331. The third-order valence-corrected chi connectivity index (χ3v) is 4.25. The number of benzene rings is 1. The minimum absolute atomic E-state index is 0.160. The molecule has 0 fully saturated rings. The quantitative estimate of drug-likeness (QED) is 0.938. The van der Waals surface area contributed by atoms with Crippen LogP contribution in [0, 0.1) is 5.82 Å². The molecule has 24 heavy (non-hydrogen) atoms. The van der Waals surface area contributed by atoms with E-state index in [2.05, 4.69) is 10.4 Å². The van der Waals surface area contributed by atoms with Crippen LogP contribution in [-0.2, 0) is 26.6 Å². The van der Waals surface area contributed by atoms with Crippen molar-refractivity contribution in [2.24, 2.45) is 7.05 Å². The summed E-state index contributed by atoms with van der Waals surface area (Å²) in [6.07, 6.45) is 1.68. The van der Waals surface area contributed by atoms with Crippen molar-refractivity contribution < 1.29 is 13.9 Å². The Hall–Kier alpha value is -2.57. The Labute approximate surface area is 140 Å². The molecule has 0 unspecified atom stereocenters. The molecule has 128 valence electrons. The smallest absolute Gasteiger partial charge is 0.318 e. The van der Waals surface area contributed by atoms with Crippen molar-refractivity contribution in [1.29, 1.82) is 0 Å². The largest absolute Gasteiger partial charge is 0.480 e. The van der Waals surface area contributed by atoms with Gasteiger partial charge in [0.1, 0.15) is 5.82 Å². The highest BCUT2D eigenvalue weighted by atomic mass is 19.1. The zero-order valence-electron chi connectivity index (χ0n) is 13.9. The number of carbonyl (C=O) groups excluding carboxylic acids is 1.